The minimum absolute atomic E-state index is 0.153. The Bertz CT molecular complexity index is 847. The first-order valence-corrected chi connectivity index (χ1v) is 11.0. The van der Waals surface area contributed by atoms with Crippen LogP contribution in [0.25, 0.3) is 0 Å². The Kier molecular flexibility index (Phi) is 4.65. The summed E-state index contributed by atoms with van der Waals surface area (Å²) >= 11 is 0. The fourth-order valence-corrected chi connectivity index (χ4v) is 9.18. The van der Waals surface area contributed by atoms with Gasteiger partial charge in [0.25, 0.3) is 0 Å². The fourth-order valence-electron chi connectivity index (χ4n) is 4.02. The summed E-state index contributed by atoms with van der Waals surface area (Å²) in [4.78, 5) is 13.1. The Morgan fingerprint density at radius 1 is 0.577 bits per heavy atom. The van der Waals surface area contributed by atoms with Gasteiger partial charge in [-0.05, 0) is 0 Å². The minimum atomic E-state index is -2.57. The van der Waals surface area contributed by atoms with Gasteiger partial charge in [-0.3, -0.25) is 0 Å². The van der Waals surface area contributed by atoms with Crippen molar-refractivity contribution in [2.45, 2.75) is 5.66 Å². The summed E-state index contributed by atoms with van der Waals surface area (Å²) in [7, 11) is -2.57. The van der Waals surface area contributed by atoms with E-state index in [1.54, 1.807) is 6.08 Å². The molecule has 3 aromatic rings. The standard InChI is InChI=1S/C24H21OP/c25-23-18-10-11-19-24(23)26(20-12-4-1-5-13-20,21-14-6-2-7-15-21)22-16-8-3-9-17-22/h1-19,24,26H. The monoisotopic (exact) mass is 356 g/mol. The van der Waals surface area contributed by atoms with Crippen molar-refractivity contribution < 1.29 is 4.79 Å². The number of carbonyl (C=O) groups is 1. The Morgan fingerprint density at radius 2 is 1.00 bits per heavy atom. The van der Waals surface area contributed by atoms with E-state index in [1.807, 2.05) is 30.4 Å². The molecule has 26 heavy (non-hydrogen) atoms. The van der Waals surface area contributed by atoms with Crippen molar-refractivity contribution in [3.8, 4) is 0 Å². The van der Waals surface area contributed by atoms with Crippen LogP contribution in [0.2, 0.25) is 0 Å². The van der Waals surface area contributed by atoms with E-state index >= 15 is 0 Å². The second-order valence-electron chi connectivity index (χ2n) is 6.53. The second kappa shape index (κ2) is 7.23. The van der Waals surface area contributed by atoms with E-state index in [2.05, 4.69) is 78.9 Å². The Labute approximate surface area is 155 Å². The number of allylic oxidation sites excluding steroid dienone is 4. The predicted molar refractivity (Wildman–Crippen MR) is 114 cm³/mol. The zero-order chi connectivity index (χ0) is 17.8. The molecule has 0 N–H and O–H groups in total. The van der Waals surface area contributed by atoms with Crippen LogP contribution in [-0.4, -0.2) is 11.4 Å². The van der Waals surface area contributed by atoms with Crippen molar-refractivity contribution in [2.24, 2.45) is 0 Å². The van der Waals surface area contributed by atoms with Gasteiger partial charge in [0.05, 0.1) is 0 Å². The number of rotatable bonds is 4. The summed E-state index contributed by atoms with van der Waals surface area (Å²) in [5.74, 6) is 0.190. The van der Waals surface area contributed by atoms with Crippen LogP contribution in [0.3, 0.4) is 0 Å². The molecule has 0 heterocycles. The van der Waals surface area contributed by atoms with Gasteiger partial charge in [0.1, 0.15) is 0 Å². The number of hydrogen-bond donors (Lipinski definition) is 0. The van der Waals surface area contributed by atoms with Crippen LogP contribution in [-0.2, 0) is 4.79 Å². The number of hydrogen-bond acceptors (Lipinski definition) is 1. The first-order chi connectivity index (χ1) is 12.8. The maximum absolute atomic E-state index is 13.1. The van der Waals surface area contributed by atoms with Crippen molar-refractivity contribution >= 4 is 29.0 Å². The van der Waals surface area contributed by atoms with Crippen molar-refractivity contribution in [3.05, 3.63) is 115 Å². The molecule has 1 nitrogen and oxygen atoms in total. The number of benzene rings is 3. The average molecular weight is 356 g/mol. The maximum atomic E-state index is 13.1. The summed E-state index contributed by atoms with van der Waals surface area (Å²) in [5.41, 5.74) is -0.153. The van der Waals surface area contributed by atoms with Crippen LogP contribution in [0.1, 0.15) is 0 Å². The zero-order valence-electron chi connectivity index (χ0n) is 14.5. The molecule has 0 aliphatic heterocycles. The topological polar surface area (TPSA) is 17.1 Å². The SMILES string of the molecule is O=C1C=CC=CC1[PH](c1ccccc1)(c1ccccc1)c1ccccc1. The first-order valence-electron chi connectivity index (χ1n) is 8.89. The summed E-state index contributed by atoms with van der Waals surface area (Å²) in [5, 5.41) is 3.78. The molecule has 0 amide bonds. The number of ketones is 1. The quantitative estimate of drug-likeness (QED) is 0.651. The molecule has 1 atom stereocenters. The van der Waals surface area contributed by atoms with E-state index in [0.717, 1.165) is 0 Å². The van der Waals surface area contributed by atoms with E-state index in [9.17, 15) is 4.79 Å². The molecule has 0 bridgehead atoms. The molecule has 0 saturated heterocycles. The molecule has 2 heteroatoms. The van der Waals surface area contributed by atoms with Gasteiger partial charge in [-0.2, -0.15) is 0 Å². The van der Waals surface area contributed by atoms with Gasteiger partial charge in [0.15, 0.2) is 0 Å². The van der Waals surface area contributed by atoms with Crippen LogP contribution in [0.4, 0.5) is 0 Å². The predicted octanol–water partition coefficient (Wildman–Crippen LogP) is 3.78. The molecule has 1 aliphatic carbocycles. The van der Waals surface area contributed by atoms with E-state index in [4.69, 9.17) is 0 Å². The van der Waals surface area contributed by atoms with Crippen LogP contribution in [0.5, 0.6) is 0 Å². The van der Waals surface area contributed by atoms with Gasteiger partial charge < -0.3 is 0 Å². The Morgan fingerprint density at radius 3 is 1.38 bits per heavy atom. The molecular weight excluding hydrogens is 335 g/mol. The van der Waals surface area contributed by atoms with E-state index in [-0.39, 0.29) is 11.4 Å². The molecule has 1 unspecified atom stereocenters. The molecule has 1 aliphatic rings. The second-order valence-corrected chi connectivity index (χ2v) is 10.5. The molecule has 0 saturated carbocycles. The molecule has 0 fully saturated rings. The van der Waals surface area contributed by atoms with Crippen molar-refractivity contribution in [3.63, 3.8) is 0 Å². The molecule has 0 aromatic heterocycles. The third-order valence-corrected chi connectivity index (χ3v) is 10.3. The van der Waals surface area contributed by atoms with Crippen molar-refractivity contribution in [1.82, 2.24) is 0 Å². The summed E-state index contributed by atoms with van der Waals surface area (Å²) in [6.45, 7) is 0. The van der Waals surface area contributed by atoms with E-state index in [1.165, 1.54) is 15.9 Å². The van der Waals surface area contributed by atoms with Gasteiger partial charge in [-0.1, -0.05) is 0 Å². The first kappa shape index (κ1) is 16.7. The fraction of sp³-hybridized carbons (Fsp3) is 0.0417. The summed E-state index contributed by atoms with van der Waals surface area (Å²) in [6, 6.07) is 31.7. The molecule has 4 rings (SSSR count). The van der Waals surface area contributed by atoms with Crippen LogP contribution >= 0.6 is 7.26 Å². The Balaban J connectivity index is 2.09. The third kappa shape index (κ3) is 2.75. The van der Waals surface area contributed by atoms with E-state index in [0.29, 0.717) is 0 Å². The van der Waals surface area contributed by atoms with Crippen LogP contribution < -0.4 is 15.9 Å². The molecule has 0 spiro atoms. The van der Waals surface area contributed by atoms with Crippen molar-refractivity contribution in [1.29, 1.82) is 0 Å². The molecule has 128 valence electrons. The normalized spacial score (nSPS) is 17.2. The average Bonchev–Trinajstić information content (AvgIpc) is 2.72. The summed E-state index contributed by atoms with van der Waals surface area (Å²) in [6.07, 6.45) is 7.68. The molecule has 0 radical (unpaired) electrons. The van der Waals surface area contributed by atoms with Crippen molar-refractivity contribution in [2.75, 3.05) is 0 Å². The molecule has 3 aromatic carbocycles. The number of carbonyl (C=O) groups excluding carboxylic acids is 1. The van der Waals surface area contributed by atoms with Gasteiger partial charge in [0, 0.05) is 0 Å². The van der Waals surface area contributed by atoms with Crippen LogP contribution in [0, 0.1) is 0 Å². The van der Waals surface area contributed by atoms with Crippen LogP contribution in [0.15, 0.2) is 115 Å². The third-order valence-electron chi connectivity index (χ3n) is 5.14. The van der Waals surface area contributed by atoms with Gasteiger partial charge >= 0.3 is 155 Å². The summed E-state index contributed by atoms with van der Waals surface area (Å²) < 4.78 is 0. The zero-order valence-corrected chi connectivity index (χ0v) is 15.5. The van der Waals surface area contributed by atoms with Gasteiger partial charge in [-0.25, -0.2) is 0 Å². The van der Waals surface area contributed by atoms with Gasteiger partial charge in [-0.15, -0.1) is 0 Å². The van der Waals surface area contributed by atoms with Gasteiger partial charge in [0.2, 0.25) is 0 Å². The Hall–Kier alpha value is -2.76. The molecular formula is C24H21OP. The van der Waals surface area contributed by atoms with E-state index < -0.39 is 7.26 Å².